The number of hydrogen-bond donors (Lipinski definition) is 1. The van der Waals surface area contributed by atoms with E-state index in [4.69, 9.17) is 14.2 Å². The molecule has 150 valence electrons. The average Bonchev–Trinajstić information content (AvgIpc) is 2.70. The molecule has 0 saturated carbocycles. The fraction of sp³-hybridized carbons (Fsp3) is 0.409. The first-order valence-corrected chi connectivity index (χ1v) is 9.76. The maximum atomic E-state index is 12.8. The summed E-state index contributed by atoms with van der Waals surface area (Å²) in [6, 6.07) is 11.5. The maximum Gasteiger partial charge on any atom is 0.243 e. The molecule has 28 heavy (non-hydrogen) atoms. The lowest BCUT2D eigenvalue weighted by Crippen LogP contribution is -2.37. The minimum Gasteiger partial charge on any atom is -0.495 e. The van der Waals surface area contributed by atoms with Gasteiger partial charge in [-0.1, -0.05) is 12.1 Å². The molecule has 1 amide bonds. The van der Waals surface area contributed by atoms with Crippen LogP contribution in [0, 0.1) is 0 Å². The summed E-state index contributed by atoms with van der Waals surface area (Å²) in [6.07, 6.45) is 2.01. The fourth-order valence-electron chi connectivity index (χ4n) is 3.53. The van der Waals surface area contributed by atoms with Crippen LogP contribution in [0.3, 0.4) is 0 Å². The predicted octanol–water partition coefficient (Wildman–Crippen LogP) is 3.88. The van der Waals surface area contributed by atoms with E-state index < -0.39 is 0 Å². The lowest BCUT2D eigenvalue weighted by Gasteiger charge is -2.32. The summed E-state index contributed by atoms with van der Waals surface area (Å²) in [5.41, 5.74) is 2.85. The molecule has 0 aliphatic carbocycles. The molecular weight excluding hydrogens is 356 g/mol. The van der Waals surface area contributed by atoms with Crippen molar-refractivity contribution in [3.8, 4) is 17.2 Å². The van der Waals surface area contributed by atoms with Gasteiger partial charge in [0.1, 0.15) is 17.2 Å². The van der Waals surface area contributed by atoms with E-state index in [-0.39, 0.29) is 12.5 Å². The van der Waals surface area contributed by atoms with Gasteiger partial charge in [0.25, 0.3) is 0 Å². The molecule has 1 N–H and O–H groups in total. The van der Waals surface area contributed by atoms with E-state index in [1.807, 2.05) is 38.1 Å². The minimum absolute atomic E-state index is 0.103. The summed E-state index contributed by atoms with van der Waals surface area (Å²) >= 11 is 0. The average molecular weight is 384 g/mol. The molecule has 0 spiro atoms. The van der Waals surface area contributed by atoms with Crippen molar-refractivity contribution in [1.29, 1.82) is 0 Å². The highest BCUT2D eigenvalue weighted by Gasteiger charge is 2.23. The van der Waals surface area contributed by atoms with Crippen molar-refractivity contribution >= 4 is 17.3 Å². The van der Waals surface area contributed by atoms with E-state index in [0.29, 0.717) is 30.4 Å². The lowest BCUT2D eigenvalue weighted by molar-refractivity contribution is -0.115. The highest BCUT2D eigenvalue weighted by molar-refractivity contribution is 5.96. The van der Waals surface area contributed by atoms with E-state index in [2.05, 4.69) is 16.3 Å². The number of hydrogen-bond acceptors (Lipinski definition) is 5. The molecule has 0 radical (unpaired) electrons. The highest BCUT2D eigenvalue weighted by Crippen LogP contribution is 2.36. The summed E-state index contributed by atoms with van der Waals surface area (Å²) < 4.78 is 16.7. The number of fused-ring (bicyclic) bond motifs is 1. The first kappa shape index (κ1) is 19.9. The number of ether oxygens (including phenoxy) is 3. The van der Waals surface area contributed by atoms with Gasteiger partial charge in [-0.25, -0.2) is 0 Å². The molecule has 6 nitrogen and oxygen atoms in total. The summed E-state index contributed by atoms with van der Waals surface area (Å²) in [4.78, 5) is 14.9. The quantitative estimate of drug-likeness (QED) is 0.748. The number of para-hydroxylation sites is 1. The number of amides is 1. The number of benzene rings is 2. The van der Waals surface area contributed by atoms with Gasteiger partial charge in [0, 0.05) is 12.6 Å². The number of carbonyl (C=O) groups excluding carboxylic acids is 1. The Kier molecular flexibility index (Phi) is 6.63. The number of carbonyl (C=O) groups is 1. The Morgan fingerprint density at radius 3 is 2.68 bits per heavy atom. The van der Waals surface area contributed by atoms with Crippen molar-refractivity contribution in [3.05, 3.63) is 42.0 Å². The summed E-state index contributed by atoms with van der Waals surface area (Å²) in [7, 11) is 1.66. The third kappa shape index (κ3) is 4.50. The van der Waals surface area contributed by atoms with Gasteiger partial charge in [-0.3, -0.25) is 4.79 Å². The van der Waals surface area contributed by atoms with Gasteiger partial charge in [-0.2, -0.15) is 0 Å². The Morgan fingerprint density at radius 1 is 1.11 bits per heavy atom. The van der Waals surface area contributed by atoms with Crippen LogP contribution in [0.4, 0.5) is 11.4 Å². The molecule has 0 bridgehead atoms. The summed E-state index contributed by atoms with van der Waals surface area (Å²) in [5.74, 6) is 2.04. The molecule has 1 aliphatic heterocycles. The van der Waals surface area contributed by atoms with E-state index in [1.165, 1.54) is 5.56 Å². The first-order valence-electron chi connectivity index (χ1n) is 9.76. The number of aryl methyl sites for hydroxylation is 1. The second-order valence-corrected chi connectivity index (χ2v) is 6.57. The molecule has 0 unspecified atom stereocenters. The van der Waals surface area contributed by atoms with Crippen molar-refractivity contribution in [2.45, 2.75) is 26.7 Å². The van der Waals surface area contributed by atoms with Crippen molar-refractivity contribution in [1.82, 2.24) is 0 Å². The van der Waals surface area contributed by atoms with Gasteiger partial charge in [0.15, 0.2) is 0 Å². The van der Waals surface area contributed by atoms with Crippen LogP contribution in [0.25, 0.3) is 0 Å². The number of methoxy groups -OCH3 is 1. The molecule has 1 aliphatic rings. The van der Waals surface area contributed by atoms with Crippen LogP contribution < -0.4 is 24.4 Å². The van der Waals surface area contributed by atoms with Crippen LogP contribution in [0.1, 0.15) is 25.8 Å². The maximum absolute atomic E-state index is 12.8. The molecule has 2 aromatic rings. The van der Waals surface area contributed by atoms with Crippen LogP contribution in [-0.4, -0.2) is 39.3 Å². The normalized spacial score (nSPS) is 12.9. The zero-order valence-electron chi connectivity index (χ0n) is 16.8. The Balaban J connectivity index is 1.78. The molecule has 3 rings (SSSR count). The fourth-order valence-corrected chi connectivity index (χ4v) is 3.53. The van der Waals surface area contributed by atoms with Crippen molar-refractivity contribution in [3.63, 3.8) is 0 Å². The van der Waals surface area contributed by atoms with E-state index in [1.54, 1.807) is 13.2 Å². The monoisotopic (exact) mass is 384 g/mol. The number of nitrogens with one attached hydrogen (secondary N) is 1. The standard InChI is InChI=1S/C22H28N2O4/c1-4-27-17-11-12-19(28-5-2)18(14-17)23-21(25)15-24-13-7-9-16-8-6-10-20(26-3)22(16)24/h6,8,10-12,14H,4-5,7,9,13,15H2,1-3H3,(H,23,25). The molecule has 1 heterocycles. The second kappa shape index (κ2) is 9.35. The van der Waals surface area contributed by atoms with Crippen LogP contribution >= 0.6 is 0 Å². The second-order valence-electron chi connectivity index (χ2n) is 6.57. The minimum atomic E-state index is -0.103. The smallest absolute Gasteiger partial charge is 0.243 e. The molecule has 0 atom stereocenters. The Hall–Kier alpha value is -2.89. The van der Waals surface area contributed by atoms with Crippen molar-refractivity contribution in [2.24, 2.45) is 0 Å². The Labute approximate surface area is 166 Å². The van der Waals surface area contributed by atoms with Crippen LogP contribution in [0.5, 0.6) is 17.2 Å². The zero-order valence-corrected chi connectivity index (χ0v) is 16.8. The van der Waals surface area contributed by atoms with Crippen LogP contribution in [-0.2, 0) is 11.2 Å². The van der Waals surface area contributed by atoms with Gasteiger partial charge in [0.05, 0.1) is 38.2 Å². The largest absolute Gasteiger partial charge is 0.495 e. The van der Waals surface area contributed by atoms with Crippen LogP contribution in [0.15, 0.2) is 36.4 Å². The molecular formula is C22H28N2O4. The highest BCUT2D eigenvalue weighted by atomic mass is 16.5. The molecule has 6 heteroatoms. The third-order valence-electron chi connectivity index (χ3n) is 4.66. The molecule has 0 aromatic heterocycles. The topological polar surface area (TPSA) is 60.0 Å². The SMILES string of the molecule is CCOc1ccc(OCC)c(NC(=O)CN2CCCc3cccc(OC)c32)c1. The molecule has 2 aromatic carbocycles. The van der Waals surface area contributed by atoms with Gasteiger partial charge < -0.3 is 24.4 Å². The molecule has 0 fully saturated rings. The van der Waals surface area contributed by atoms with Gasteiger partial charge in [-0.15, -0.1) is 0 Å². The lowest BCUT2D eigenvalue weighted by atomic mass is 10.0. The third-order valence-corrected chi connectivity index (χ3v) is 4.66. The Bertz CT molecular complexity index is 808. The van der Waals surface area contributed by atoms with Crippen LogP contribution in [0.2, 0.25) is 0 Å². The van der Waals surface area contributed by atoms with Gasteiger partial charge in [0.2, 0.25) is 5.91 Å². The van der Waals surface area contributed by atoms with Gasteiger partial charge >= 0.3 is 0 Å². The number of anilines is 2. The van der Waals surface area contributed by atoms with Gasteiger partial charge in [-0.05, 0) is 50.5 Å². The summed E-state index contributed by atoms with van der Waals surface area (Å²) in [6.45, 7) is 5.99. The number of rotatable bonds is 8. The van der Waals surface area contributed by atoms with E-state index in [9.17, 15) is 4.79 Å². The van der Waals surface area contributed by atoms with Crippen molar-refractivity contribution < 1.29 is 19.0 Å². The van der Waals surface area contributed by atoms with Crippen molar-refractivity contribution in [2.75, 3.05) is 43.6 Å². The number of nitrogens with zero attached hydrogens (tertiary/aromatic N) is 1. The first-order chi connectivity index (χ1) is 13.7. The van der Waals surface area contributed by atoms with E-state index >= 15 is 0 Å². The molecule has 0 saturated heterocycles. The predicted molar refractivity (Wildman–Crippen MR) is 111 cm³/mol. The zero-order chi connectivity index (χ0) is 19.9. The Morgan fingerprint density at radius 2 is 1.93 bits per heavy atom. The summed E-state index contributed by atoms with van der Waals surface area (Å²) in [5, 5.41) is 2.98. The van der Waals surface area contributed by atoms with E-state index in [0.717, 1.165) is 30.8 Å².